The predicted molar refractivity (Wildman–Crippen MR) is 56.5 cm³/mol. The van der Waals surface area contributed by atoms with Crippen molar-refractivity contribution >= 4 is 6.09 Å². The highest BCUT2D eigenvalue weighted by molar-refractivity contribution is 5.67. The van der Waals surface area contributed by atoms with Gasteiger partial charge in [0.2, 0.25) is 0 Å². The van der Waals surface area contributed by atoms with Crippen molar-refractivity contribution in [1.29, 1.82) is 0 Å². The van der Waals surface area contributed by atoms with E-state index in [-0.39, 0.29) is 5.54 Å². The van der Waals surface area contributed by atoms with Crippen molar-refractivity contribution < 1.29 is 14.6 Å². The van der Waals surface area contributed by atoms with E-state index >= 15 is 0 Å². The summed E-state index contributed by atoms with van der Waals surface area (Å²) in [4.78, 5) is 14.8. The fourth-order valence-electron chi connectivity index (χ4n) is 3.11. The van der Waals surface area contributed by atoms with Gasteiger partial charge in [0.25, 0.3) is 0 Å². The summed E-state index contributed by atoms with van der Waals surface area (Å²) in [6, 6.07) is 0.415. The van der Waals surface area contributed by atoms with Crippen molar-refractivity contribution in [2.45, 2.75) is 11.6 Å². The molecule has 16 heavy (non-hydrogen) atoms. The van der Waals surface area contributed by atoms with Gasteiger partial charge in [0, 0.05) is 38.8 Å². The topological polar surface area (TPSA) is 65.0 Å². The van der Waals surface area contributed by atoms with Gasteiger partial charge < -0.3 is 20.1 Å². The maximum absolute atomic E-state index is 10.8. The Labute approximate surface area is 94.1 Å². The van der Waals surface area contributed by atoms with E-state index < -0.39 is 6.09 Å². The normalized spacial score (nSPS) is 33.2. The zero-order valence-electron chi connectivity index (χ0n) is 9.19. The fourth-order valence-corrected chi connectivity index (χ4v) is 3.11. The first kappa shape index (κ1) is 10.3. The second kappa shape index (κ2) is 3.58. The molecule has 1 spiro atoms. The molecule has 0 bridgehead atoms. The van der Waals surface area contributed by atoms with E-state index in [0.717, 1.165) is 32.8 Å². The monoisotopic (exact) mass is 227 g/mol. The number of morpholine rings is 1. The molecule has 3 saturated heterocycles. The number of ether oxygens (including phenoxy) is 1. The van der Waals surface area contributed by atoms with Crippen molar-refractivity contribution in [3.63, 3.8) is 0 Å². The molecule has 3 heterocycles. The fraction of sp³-hybridized carbons (Fsp3) is 0.900. The lowest BCUT2D eigenvalue weighted by molar-refractivity contribution is -0.129. The third-order valence-electron chi connectivity index (χ3n) is 3.91. The maximum Gasteiger partial charge on any atom is 0.407 e. The van der Waals surface area contributed by atoms with E-state index in [9.17, 15) is 4.79 Å². The number of likely N-dealkylation sites (tertiary alicyclic amines) is 1. The Balaban J connectivity index is 1.72. The highest BCUT2D eigenvalue weighted by atomic mass is 16.5. The summed E-state index contributed by atoms with van der Waals surface area (Å²) in [5.74, 6) is 0. The highest BCUT2D eigenvalue weighted by Crippen LogP contribution is 2.32. The van der Waals surface area contributed by atoms with Gasteiger partial charge in [-0.15, -0.1) is 0 Å². The number of nitrogens with one attached hydrogen (secondary N) is 1. The van der Waals surface area contributed by atoms with E-state index in [1.807, 2.05) is 0 Å². The molecule has 0 aliphatic carbocycles. The number of carboxylic acid groups (broad SMARTS) is 1. The second-order valence-corrected chi connectivity index (χ2v) is 4.92. The molecule has 6 nitrogen and oxygen atoms in total. The molecular weight excluding hydrogens is 210 g/mol. The lowest BCUT2D eigenvalue weighted by atomic mass is 9.84. The van der Waals surface area contributed by atoms with Crippen molar-refractivity contribution in [3.05, 3.63) is 0 Å². The molecule has 6 heteroatoms. The summed E-state index contributed by atoms with van der Waals surface area (Å²) in [7, 11) is 0. The van der Waals surface area contributed by atoms with Gasteiger partial charge in [0.05, 0.1) is 18.8 Å². The van der Waals surface area contributed by atoms with Gasteiger partial charge >= 0.3 is 6.09 Å². The standard InChI is InChI=1S/C10H17N3O3/c14-9(15)12-6-10(7-12)5-11-3-8-4-16-2-1-13(8)10/h8,11H,1-7H2,(H,14,15). The van der Waals surface area contributed by atoms with Gasteiger partial charge in [0.15, 0.2) is 0 Å². The van der Waals surface area contributed by atoms with Crippen LogP contribution in [0.2, 0.25) is 0 Å². The summed E-state index contributed by atoms with van der Waals surface area (Å²) in [6.45, 7) is 5.58. The van der Waals surface area contributed by atoms with Crippen molar-refractivity contribution in [1.82, 2.24) is 15.1 Å². The molecule has 3 fully saturated rings. The molecule has 0 aromatic carbocycles. The van der Waals surface area contributed by atoms with Crippen LogP contribution in [-0.4, -0.2) is 78.5 Å². The summed E-state index contributed by atoms with van der Waals surface area (Å²) < 4.78 is 5.46. The number of amides is 1. The number of piperazine rings is 1. The maximum atomic E-state index is 10.8. The van der Waals surface area contributed by atoms with E-state index in [4.69, 9.17) is 9.84 Å². The van der Waals surface area contributed by atoms with Gasteiger partial charge in [0.1, 0.15) is 0 Å². The molecule has 0 aromatic rings. The number of hydrogen-bond donors (Lipinski definition) is 2. The minimum absolute atomic E-state index is 0.0328. The van der Waals surface area contributed by atoms with Crippen molar-refractivity contribution in [2.24, 2.45) is 0 Å². The SMILES string of the molecule is O=C(O)N1CC2(CNCC3COCCN32)C1. The summed E-state index contributed by atoms with van der Waals surface area (Å²) in [5, 5.41) is 12.3. The molecule has 2 N–H and O–H groups in total. The predicted octanol–water partition coefficient (Wildman–Crippen LogP) is -0.977. The number of fused-ring (bicyclic) bond motifs is 2. The average molecular weight is 227 g/mol. The zero-order valence-corrected chi connectivity index (χ0v) is 9.19. The first-order valence-electron chi connectivity index (χ1n) is 5.74. The van der Waals surface area contributed by atoms with Crippen LogP contribution in [0.4, 0.5) is 4.79 Å². The summed E-state index contributed by atoms with van der Waals surface area (Å²) >= 11 is 0. The molecule has 1 unspecified atom stereocenters. The minimum Gasteiger partial charge on any atom is -0.465 e. The van der Waals surface area contributed by atoms with Crippen LogP contribution in [0.25, 0.3) is 0 Å². The lowest BCUT2D eigenvalue weighted by Crippen LogP contribution is -2.80. The third kappa shape index (κ3) is 1.41. The van der Waals surface area contributed by atoms with Crippen LogP contribution in [0.5, 0.6) is 0 Å². The van der Waals surface area contributed by atoms with Crippen LogP contribution in [0.1, 0.15) is 0 Å². The zero-order chi connectivity index (χ0) is 11.2. The molecule has 1 atom stereocenters. The number of hydrogen-bond acceptors (Lipinski definition) is 4. The minimum atomic E-state index is -0.805. The number of carbonyl (C=O) groups is 1. The highest BCUT2D eigenvalue weighted by Gasteiger charge is 2.53. The number of rotatable bonds is 0. The Morgan fingerprint density at radius 1 is 1.50 bits per heavy atom. The molecule has 0 radical (unpaired) electrons. The third-order valence-corrected chi connectivity index (χ3v) is 3.91. The van der Waals surface area contributed by atoms with Crippen LogP contribution in [0.3, 0.4) is 0 Å². The molecular formula is C10H17N3O3. The van der Waals surface area contributed by atoms with Crippen LogP contribution in [-0.2, 0) is 4.74 Å². The first-order valence-corrected chi connectivity index (χ1v) is 5.74. The van der Waals surface area contributed by atoms with E-state index in [1.165, 1.54) is 4.90 Å². The van der Waals surface area contributed by atoms with E-state index in [0.29, 0.717) is 19.1 Å². The van der Waals surface area contributed by atoms with Gasteiger partial charge in [-0.3, -0.25) is 4.90 Å². The second-order valence-electron chi connectivity index (χ2n) is 4.92. The molecule has 3 aliphatic heterocycles. The Morgan fingerprint density at radius 3 is 3.06 bits per heavy atom. The Hall–Kier alpha value is -0.850. The Bertz CT molecular complexity index is 302. The Morgan fingerprint density at radius 2 is 2.31 bits per heavy atom. The van der Waals surface area contributed by atoms with Gasteiger partial charge in [-0.25, -0.2) is 4.79 Å². The van der Waals surface area contributed by atoms with E-state index in [1.54, 1.807) is 0 Å². The average Bonchev–Trinajstić information content (AvgIpc) is 2.24. The van der Waals surface area contributed by atoms with Gasteiger partial charge in [-0.1, -0.05) is 0 Å². The molecule has 0 aromatic heterocycles. The van der Waals surface area contributed by atoms with Gasteiger partial charge in [-0.2, -0.15) is 0 Å². The van der Waals surface area contributed by atoms with E-state index in [2.05, 4.69) is 10.2 Å². The van der Waals surface area contributed by atoms with Crippen LogP contribution in [0.15, 0.2) is 0 Å². The summed E-state index contributed by atoms with van der Waals surface area (Å²) in [5.41, 5.74) is 0.0328. The molecule has 3 aliphatic rings. The van der Waals surface area contributed by atoms with Crippen LogP contribution >= 0.6 is 0 Å². The smallest absolute Gasteiger partial charge is 0.407 e. The lowest BCUT2D eigenvalue weighted by Gasteiger charge is -2.60. The molecule has 90 valence electrons. The largest absolute Gasteiger partial charge is 0.465 e. The molecule has 1 amide bonds. The van der Waals surface area contributed by atoms with Crippen LogP contribution < -0.4 is 5.32 Å². The van der Waals surface area contributed by atoms with Crippen LogP contribution in [0, 0.1) is 0 Å². The quantitative estimate of drug-likeness (QED) is 0.557. The summed E-state index contributed by atoms with van der Waals surface area (Å²) in [6.07, 6.45) is -0.805. The van der Waals surface area contributed by atoms with Crippen molar-refractivity contribution in [3.8, 4) is 0 Å². The molecule has 0 saturated carbocycles. The van der Waals surface area contributed by atoms with Gasteiger partial charge in [-0.05, 0) is 0 Å². The van der Waals surface area contributed by atoms with Crippen molar-refractivity contribution in [2.75, 3.05) is 45.9 Å². The molecule has 3 rings (SSSR count). The first-order chi connectivity index (χ1) is 7.71. The number of nitrogens with zero attached hydrogens (tertiary/aromatic N) is 2. The Kier molecular flexibility index (Phi) is 2.31.